The molecule has 0 bridgehead atoms. The van der Waals surface area contributed by atoms with Gasteiger partial charge in [-0.3, -0.25) is 14.1 Å². The van der Waals surface area contributed by atoms with Gasteiger partial charge in [-0.05, 0) is 0 Å². The van der Waals surface area contributed by atoms with Crippen molar-refractivity contribution >= 4 is 115 Å². The van der Waals surface area contributed by atoms with Crippen LogP contribution in [-0.4, -0.2) is 141 Å². The van der Waals surface area contributed by atoms with Crippen LogP contribution in [0.3, 0.4) is 0 Å². The van der Waals surface area contributed by atoms with E-state index in [0.29, 0.717) is 0 Å². The number of carbonyl (C=O) groups is 4. The summed E-state index contributed by atoms with van der Waals surface area (Å²) in [6, 6.07) is -3.08. The van der Waals surface area contributed by atoms with E-state index in [9.17, 15) is 27.6 Å². The van der Waals surface area contributed by atoms with Crippen molar-refractivity contribution in [2.45, 2.75) is 12.1 Å². The van der Waals surface area contributed by atoms with Gasteiger partial charge in [-0.1, -0.05) is 5.16 Å². The number of aromatic nitrogens is 1. The van der Waals surface area contributed by atoms with Gasteiger partial charge in [0.05, 0.1) is 0 Å². The van der Waals surface area contributed by atoms with Crippen LogP contribution in [0, 0.1) is 0 Å². The number of carbonyl (C=O) groups excluding carboxylic acids is 3. The van der Waals surface area contributed by atoms with Gasteiger partial charge in [0.15, 0.2) is 10.8 Å². The van der Waals surface area contributed by atoms with Crippen molar-refractivity contribution in [3.63, 3.8) is 0 Å². The van der Waals surface area contributed by atoms with Crippen LogP contribution in [0.15, 0.2) is 10.5 Å². The molecule has 1 aromatic heterocycles. The minimum Gasteiger partial charge on any atom is -0.479 e. The van der Waals surface area contributed by atoms with Crippen molar-refractivity contribution in [3.05, 3.63) is 11.1 Å². The first kappa shape index (κ1) is 30.5. The number of nitrogens with zero attached hydrogens (tertiary/aromatic N) is 3. The van der Waals surface area contributed by atoms with Crippen molar-refractivity contribution in [1.29, 1.82) is 0 Å². The number of hydrogen-bond donors (Lipinski definition) is 5. The van der Waals surface area contributed by atoms with Crippen LogP contribution in [0.4, 0.5) is 9.93 Å². The number of nitrogens with one attached hydrogen (secondary N) is 1. The van der Waals surface area contributed by atoms with Gasteiger partial charge in [0.2, 0.25) is 6.61 Å². The van der Waals surface area contributed by atoms with E-state index in [1.165, 1.54) is 5.38 Å². The molecule has 166 valence electrons. The van der Waals surface area contributed by atoms with Gasteiger partial charge in [-0.15, -0.1) is 11.3 Å². The largest absolute Gasteiger partial charge is 0.479 e. The van der Waals surface area contributed by atoms with Crippen molar-refractivity contribution in [2.75, 3.05) is 18.9 Å². The Morgan fingerprint density at radius 2 is 1.97 bits per heavy atom. The van der Waals surface area contributed by atoms with Crippen molar-refractivity contribution in [3.8, 4) is 0 Å². The molecule has 1 aliphatic heterocycles. The molecule has 20 heteroatoms. The van der Waals surface area contributed by atoms with Crippen molar-refractivity contribution in [2.24, 2.45) is 10.9 Å². The standard InChI is InChI=1S/C12H14N6O10S2.2Na/c13-11-15-4(3-29-11)7(17-28-2-6(19)20)9(21)16-8-5(1-27-12(14)23)18(10(8)22)30(24,25)26;;/h3,5,8H,1-2H2,(H2,13,15)(H2,14,23)(H,16,21)(H,19,20)(H,24,25,26);;/b17-7-;;/t5-,8+;;/m1../s1. The number of β-lactam (4-membered cyclic amide) rings is 1. The van der Waals surface area contributed by atoms with Crippen molar-refractivity contribution < 1.29 is 46.8 Å². The molecule has 2 rings (SSSR count). The molecule has 1 aromatic rings. The SMILES string of the molecule is NC(=O)OC[C@@H]1[C@H](NC(=O)/C(=N\OCC(=O)O)c2csc(N)n2)C(=O)N1S(=O)(=O)O.[Na].[Na]. The molecular weight excluding hydrogens is 498 g/mol. The average Bonchev–Trinajstić information content (AvgIpc) is 3.04. The molecule has 0 saturated carbocycles. The maximum Gasteiger partial charge on any atom is 0.404 e. The Morgan fingerprint density at radius 1 is 1.34 bits per heavy atom. The van der Waals surface area contributed by atoms with Gasteiger partial charge in [-0.2, -0.15) is 8.42 Å². The van der Waals surface area contributed by atoms with Crippen LogP contribution in [0.2, 0.25) is 0 Å². The number of rotatable bonds is 9. The fraction of sp³-hybridized carbons (Fsp3) is 0.333. The number of anilines is 1. The topological polar surface area (TPSA) is 254 Å². The van der Waals surface area contributed by atoms with Crippen molar-refractivity contribution in [1.82, 2.24) is 14.6 Å². The molecule has 32 heavy (non-hydrogen) atoms. The summed E-state index contributed by atoms with van der Waals surface area (Å²) in [6.45, 7) is -1.66. The molecule has 0 aliphatic carbocycles. The number of ether oxygens (including phenoxy) is 1. The fourth-order valence-electron chi connectivity index (χ4n) is 2.26. The number of thiazole rings is 1. The third kappa shape index (κ3) is 7.81. The molecule has 2 radical (unpaired) electrons. The van der Waals surface area contributed by atoms with Gasteiger partial charge >= 0.3 is 22.4 Å². The predicted octanol–water partition coefficient (Wildman–Crippen LogP) is -3.64. The van der Waals surface area contributed by atoms with E-state index in [1.54, 1.807) is 0 Å². The number of aliphatic carboxylic acids is 1. The van der Waals surface area contributed by atoms with Crippen LogP contribution in [0.5, 0.6) is 0 Å². The summed E-state index contributed by atoms with van der Waals surface area (Å²) in [5, 5.41) is 15.4. The van der Waals surface area contributed by atoms with Crippen LogP contribution < -0.4 is 16.8 Å². The molecule has 0 spiro atoms. The summed E-state index contributed by atoms with van der Waals surface area (Å²) in [4.78, 5) is 54.3. The number of nitrogens with two attached hydrogens (primary N) is 2. The van der Waals surface area contributed by atoms with Gasteiger partial charge in [0.25, 0.3) is 11.8 Å². The normalized spacial score (nSPS) is 17.8. The Hall–Kier alpha value is -1.51. The van der Waals surface area contributed by atoms with Gasteiger partial charge in [0, 0.05) is 64.5 Å². The Balaban J connectivity index is 0.00000480. The second-order valence-electron chi connectivity index (χ2n) is 5.44. The minimum atomic E-state index is -5.02. The summed E-state index contributed by atoms with van der Waals surface area (Å²) >= 11 is 0.920. The Labute approximate surface area is 228 Å². The molecule has 2 heterocycles. The molecule has 0 aromatic carbocycles. The molecule has 7 N–H and O–H groups in total. The number of carboxylic acid groups (broad SMARTS) is 1. The van der Waals surface area contributed by atoms with Crippen LogP contribution in [0.25, 0.3) is 0 Å². The summed E-state index contributed by atoms with van der Waals surface area (Å²) in [6.07, 6.45) is -1.29. The molecule has 16 nitrogen and oxygen atoms in total. The van der Waals surface area contributed by atoms with E-state index in [1.807, 2.05) is 0 Å². The molecular formula is C12H14N6Na2O10S2. The number of nitrogen functional groups attached to an aromatic ring is 1. The zero-order valence-electron chi connectivity index (χ0n) is 16.6. The summed E-state index contributed by atoms with van der Waals surface area (Å²) in [5.41, 5.74) is 9.58. The fourth-order valence-corrected chi connectivity index (χ4v) is 3.67. The van der Waals surface area contributed by atoms with Crippen LogP contribution >= 0.6 is 11.3 Å². The van der Waals surface area contributed by atoms with E-state index >= 15 is 0 Å². The summed E-state index contributed by atoms with van der Waals surface area (Å²) in [7, 11) is -5.02. The summed E-state index contributed by atoms with van der Waals surface area (Å²) in [5.74, 6) is -3.76. The number of primary amides is 1. The summed E-state index contributed by atoms with van der Waals surface area (Å²) < 4.78 is 36.2. The Kier molecular flexibility index (Phi) is 12.1. The molecule has 1 saturated heterocycles. The first-order valence-electron chi connectivity index (χ1n) is 7.58. The Bertz CT molecular complexity index is 1020. The maximum absolute atomic E-state index is 12.6. The average molecular weight is 512 g/mol. The molecule has 0 unspecified atom stereocenters. The third-order valence-electron chi connectivity index (χ3n) is 3.42. The Morgan fingerprint density at radius 3 is 2.44 bits per heavy atom. The molecule has 1 fully saturated rings. The number of hydrogen-bond acceptors (Lipinski definition) is 12. The van der Waals surface area contributed by atoms with Gasteiger partial charge in [-0.25, -0.2) is 18.9 Å². The number of oxime groups is 1. The first-order chi connectivity index (χ1) is 13.9. The zero-order valence-corrected chi connectivity index (χ0v) is 22.3. The second kappa shape index (κ2) is 12.7. The van der Waals surface area contributed by atoms with E-state index in [-0.39, 0.29) is 74.2 Å². The minimum absolute atomic E-state index is 0. The maximum atomic E-state index is 12.6. The predicted molar refractivity (Wildman–Crippen MR) is 108 cm³/mol. The monoisotopic (exact) mass is 512 g/mol. The van der Waals surface area contributed by atoms with E-state index in [4.69, 9.17) is 21.1 Å². The van der Waals surface area contributed by atoms with Gasteiger partial charge < -0.3 is 31.5 Å². The van der Waals surface area contributed by atoms with E-state index < -0.39 is 65.2 Å². The zero-order chi connectivity index (χ0) is 22.6. The third-order valence-corrected chi connectivity index (χ3v) is 5.05. The first-order valence-corrected chi connectivity index (χ1v) is 9.86. The van der Waals surface area contributed by atoms with Crippen LogP contribution in [0.1, 0.15) is 5.69 Å². The smallest absolute Gasteiger partial charge is 0.404 e. The van der Waals surface area contributed by atoms with E-state index in [2.05, 4.69) is 25.0 Å². The van der Waals surface area contributed by atoms with Gasteiger partial charge in [0.1, 0.15) is 24.4 Å². The second-order valence-corrected chi connectivity index (χ2v) is 7.62. The number of amides is 3. The van der Waals surface area contributed by atoms with Crippen LogP contribution in [-0.2, 0) is 34.3 Å². The number of carboxylic acids is 1. The quantitative estimate of drug-likeness (QED) is 0.0706. The molecule has 2 atom stereocenters. The molecule has 1 aliphatic rings. The van der Waals surface area contributed by atoms with E-state index in [0.717, 1.165) is 11.3 Å². The molecule has 3 amide bonds.